The summed E-state index contributed by atoms with van der Waals surface area (Å²) in [6.07, 6.45) is 1.49. The Hall–Kier alpha value is -3.05. The van der Waals surface area contributed by atoms with Crippen molar-refractivity contribution in [1.29, 1.82) is 10.5 Å². The van der Waals surface area contributed by atoms with Crippen LogP contribution in [-0.2, 0) is 0 Å². The molecule has 1 aromatic carbocycles. The Morgan fingerprint density at radius 2 is 1.72 bits per heavy atom. The molecule has 18 heavy (non-hydrogen) atoms. The summed E-state index contributed by atoms with van der Waals surface area (Å²) in [4.78, 5) is 12.9. The summed E-state index contributed by atoms with van der Waals surface area (Å²) in [6.45, 7) is 0. The Balaban J connectivity index is 0.000000180. The lowest BCUT2D eigenvalue weighted by Crippen LogP contribution is -2.07. The molecular formula is C13H9N3O2. The molecule has 0 unspecified atom stereocenters. The number of hydrogen-bond acceptors (Lipinski definition) is 4. The van der Waals surface area contributed by atoms with Crippen molar-refractivity contribution in [3.05, 3.63) is 64.1 Å². The van der Waals surface area contributed by atoms with Gasteiger partial charge in [0.1, 0.15) is 17.4 Å². The van der Waals surface area contributed by atoms with E-state index in [9.17, 15) is 4.79 Å². The molecule has 0 fully saturated rings. The Morgan fingerprint density at radius 3 is 2.17 bits per heavy atom. The lowest BCUT2D eigenvalue weighted by atomic mass is 10.2. The van der Waals surface area contributed by atoms with E-state index in [4.69, 9.17) is 15.6 Å². The van der Waals surface area contributed by atoms with Gasteiger partial charge in [-0.25, -0.2) is 0 Å². The molecule has 0 aliphatic rings. The van der Waals surface area contributed by atoms with Gasteiger partial charge in [0.25, 0.3) is 5.56 Å². The average molecular weight is 239 g/mol. The molecule has 1 aromatic heterocycles. The molecule has 0 saturated carbocycles. The van der Waals surface area contributed by atoms with E-state index in [2.05, 4.69) is 4.98 Å². The van der Waals surface area contributed by atoms with E-state index in [1.54, 1.807) is 24.3 Å². The highest BCUT2D eigenvalue weighted by molar-refractivity contribution is 5.33. The quantitative estimate of drug-likeness (QED) is 0.727. The number of pyridine rings is 1. The van der Waals surface area contributed by atoms with Crippen molar-refractivity contribution >= 4 is 0 Å². The van der Waals surface area contributed by atoms with Crippen LogP contribution in [0, 0.1) is 22.7 Å². The topological polar surface area (TPSA) is 101 Å². The van der Waals surface area contributed by atoms with E-state index in [1.807, 2.05) is 6.07 Å². The van der Waals surface area contributed by atoms with Crippen molar-refractivity contribution in [2.75, 3.05) is 0 Å². The first-order valence-electron chi connectivity index (χ1n) is 4.94. The van der Waals surface area contributed by atoms with Crippen molar-refractivity contribution in [3.63, 3.8) is 0 Å². The second-order valence-corrected chi connectivity index (χ2v) is 3.18. The summed E-state index contributed by atoms with van der Waals surface area (Å²) in [6, 6.07) is 12.9. The van der Waals surface area contributed by atoms with Gasteiger partial charge < -0.3 is 10.1 Å². The summed E-state index contributed by atoms with van der Waals surface area (Å²) in [7, 11) is 0. The second kappa shape index (κ2) is 6.51. The van der Waals surface area contributed by atoms with Crippen LogP contribution in [0.15, 0.2) is 47.4 Å². The Morgan fingerprint density at radius 1 is 1.06 bits per heavy atom. The van der Waals surface area contributed by atoms with Crippen LogP contribution >= 0.6 is 0 Å². The van der Waals surface area contributed by atoms with E-state index in [-0.39, 0.29) is 16.9 Å². The number of nitrogens with zero attached hydrogens (tertiary/aromatic N) is 2. The molecule has 0 aliphatic carbocycles. The van der Waals surface area contributed by atoms with E-state index < -0.39 is 0 Å². The average Bonchev–Trinajstić information content (AvgIpc) is 2.41. The van der Waals surface area contributed by atoms with Crippen molar-refractivity contribution in [1.82, 2.24) is 4.98 Å². The van der Waals surface area contributed by atoms with Gasteiger partial charge in [0, 0.05) is 6.20 Å². The van der Waals surface area contributed by atoms with Gasteiger partial charge in [-0.2, -0.15) is 10.5 Å². The standard InChI is InChI=1S/C7H5NO.C6H4N2O/c8-5-6-1-3-7(9)4-2-6;7-4-5-2-1-3-8-6(5)9/h1-4,9H;1-3H,(H,8,9). The second-order valence-electron chi connectivity index (χ2n) is 3.18. The maximum absolute atomic E-state index is 10.6. The molecule has 0 aliphatic heterocycles. The van der Waals surface area contributed by atoms with E-state index in [1.165, 1.54) is 24.4 Å². The fourth-order valence-electron chi connectivity index (χ4n) is 1.05. The number of hydrogen-bond donors (Lipinski definition) is 2. The highest BCUT2D eigenvalue weighted by Crippen LogP contribution is 2.07. The molecule has 2 rings (SSSR count). The molecule has 0 amide bonds. The van der Waals surface area contributed by atoms with Gasteiger partial charge in [-0.05, 0) is 36.4 Å². The van der Waals surface area contributed by atoms with Crippen LogP contribution in [-0.4, -0.2) is 10.1 Å². The van der Waals surface area contributed by atoms with Gasteiger partial charge in [-0.3, -0.25) is 4.79 Å². The largest absolute Gasteiger partial charge is 0.508 e. The minimum absolute atomic E-state index is 0.150. The Labute approximate surface area is 103 Å². The normalized spacial score (nSPS) is 8.33. The smallest absolute Gasteiger partial charge is 0.265 e. The number of aromatic amines is 1. The number of aromatic hydroxyl groups is 1. The summed E-state index contributed by atoms with van der Waals surface area (Å²) in [5.41, 5.74) is 0.380. The molecule has 5 nitrogen and oxygen atoms in total. The van der Waals surface area contributed by atoms with Crippen molar-refractivity contribution in [3.8, 4) is 17.9 Å². The molecule has 0 radical (unpaired) electrons. The molecule has 2 aromatic rings. The number of phenolic OH excluding ortho intramolecular Hbond substituents is 1. The van der Waals surface area contributed by atoms with E-state index >= 15 is 0 Å². The third-order valence-electron chi connectivity index (χ3n) is 1.94. The van der Waals surface area contributed by atoms with Crippen LogP contribution in [0.25, 0.3) is 0 Å². The molecule has 0 spiro atoms. The fraction of sp³-hybridized carbons (Fsp3) is 0. The zero-order valence-electron chi connectivity index (χ0n) is 9.29. The number of phenols is 1. The van der Waals surface area contributed by atoms with Gasteiger partial charge in [0.2, 0.25) is 0 Å². The molecule has 0 atom stereocenters. The lowest BCUT2D eigenvalue weighted by Gasteiger charge is -1.87. The first-order chi connectivity index (χ1) is 8.67. The highest BCUT2D eigenvalue weighted by atomic mass is 16.3. The molecule has 0 saturated heterocycles. The maximum atomic E-state index is 10.6. The molecule has 88 valence electrons. The molecule has 5 heteroatoms. The van der Waals surface area contributed by atoms with Crippen LogP contribution in [0.2, 0.25) is 0 Å². The van der Waals surface area contributed by atoms with Gasteiger partial charge in [-0.15, -0.1) is 0 Å². The van der Waals surface area contributed by atoms with Gasteiger partial charge in [0.05, 0.1) is 11.6 Å². The van der Waals surface area contributed by atoms with Crippen molar-refractivity contribution < 1.29 is 5.11 Å². The van der Waals surface area contributed by atoms with Gasteiger partial charge in [-0.1, -0.05) is 0 Å². The van der Waals surface area contributed by atoms with Gasteiger partial charge >= 0.3 is 0 Å². The van der Waals surface area contributed by atoms with Crippen LogP contribution in [0.3, 0.4) is 0 Å². The first-order valence-corrected chi connectivity index (χ1v) is 4.94. The van der Waals surface area contributed by atoms with E-state index in [0.717, 1.165) is 0 Å². The van der Waals surface area contributed by atoms with Gasteiger partial charge in [0.15, 0.2) is 0 Å². The predicted octanol–water partition coefficient (Wildman–Crippen LogP) is 1.51. The van der Waals surface area contributed by atoms with Crippen LogP contribution in [0.5, 0.6) is 5.75 Å². The number of H-pyrrole nitrogens is 1. The SMILES string of the molecule is N#Cc1ccc(O)cc1.N#Cc1ccc[nH]c1=O. The third-order valence-corrected chi connectivity index (χ3v) is 1.94. The van der Waals surface area contributed by atoms with Crippen LogP contribution < -0.4 is 5.56 Å². The minimum atomic E-state index is -0.333. The number of nitriles is 2. The summed E-state index contributed by atoms with van der Waals surface area (Å²) in [5.74, 6) is 0.189. The van der Waals surface area contributed by atoms with Crippen LogP contribution in [0.4, 0.5) is 0 Å². The summed E-state index contributed by atoms with van der Waals surface area (Å²) < 4.78 is 0. The molecule has 0 bridgehead atoms. The maximum Gasteiger partial charge on any atom is 0.265 e. The lowest BCUT2D eigenvalue weighted by molar-refractivity contribution is 0.475. The first kappa shape index (κ1) is 13.0. The Kier molecular flexibility index (Phi) is 4.71. The van der Waals surface area contributed by atoms with Crippen molar-refractivity contribution in [2.45, 2.75) is 0 Å². The zero-order chi connectivity index (χ0) is 13.4. The summed E-state index contributed by atoms with van der Waals surface area (Å²) >= 11 is 0. The number of rotatable bonds is 0. The molecule has 1 heterocycles. The van der Waals surface area contributed by atoms with Crippen molar-refractivity contribution in [2.24, 2.45) is 0 Å². The molecule has 2 N–H and O–H groups in total. The van der Waals surface area contributed by atoms with E-state index in [0.29, 0.717) is 5.56 Å². The zero-order valence-corrected chi connectivity index (χ0v) is 9.29. The molecular weight excluding hydrogens is 230 g/mol. The third kappa shape index (κ3) is 3.84. The summed E-state index contributed by atoms with van der Waals surface area (Å²) in [5, 5.41) is 25.3. The highest BCUT2D eigenvalue weighted by Gasteiger charge is 1.90. The monoisotopic (exact) mass is 239 g/mol. The number of nitrogens with one attached hydrogen (secondary N) is 1. The number of aromatic nitrogens is 1. The fourth-order valence-corrected chi connectivity index (χ4v) is 1.05. The minimum Gasteiger partial charge on any atom is -0.508 e. The Bertz CT molecular complexity index is 645. The van der Waals surface area contributed by atoms with Crippen LogP contribution in [0.1, 0.15) is 11.1 Å². The predicted molar refractivity (Wildman–Crippen MR) is 64.6 cm³/mol. The number of benzene rings is 1.